The minimum Gasteiger partial charge on any atom is -0.461 e. The molecule has 0 bridgehead atoms. The van der Waals surface area contributed by atoms with Gasteiger partial charge in [-0.15, -0.1) is 0 Å². The van der Waals surface area contributed by atoms with Crippen molar-refractivity contribution >= 4 is 5.97 Å². The van der Waals surface area contributed by atoms with Crippen molar-refractivity contribution in [3.63, 3.8) is 0 Å². The third kappa shape index (κ3) is 4.54. The van der Waals surface area contributed by atoms with Crippen LogP contribution in [0.4, 0.5) is 0 Å². The first-order valence-corrected chi connectivity index (χ1v) is 7.05. The predicted molar refractivity (Wildman–Crippen MR) is 80.4 cm³/mol. The van der Waals surface area contributed by atoms with Crippen molar-refractivity contribution in [2.24, 2.45) is 0 Å². The second-order valence-electron chi connectivity index (χ2n) is 4.82. The normalized spacial score (nSPS) is 10.2. The maximum atomic E-state index is 11.7. The van der Waals surface area contributed by atoms with Gasteiger partial charge in [-0.3, -0.25) is 4.79 Å². The fraction of sp³-hybridized carbons (Fsp3) is 0.278. The van der Waals surface area contributed by atoms with Gasteiger partial charge >= 0.3 is 5.97 Å². The molecule has 2 heteroatoms. The van der Waals surface area contributed by atoms with Crippen molar-refractivity contribution in [1.29, 1.82) is 0 Å². The molecule has 0 unspecified atom stereocenters. The van der Waals surface area contributed by atoms with Crippen LogP contribution in [-0.2, 0) is 29.0 Å². The lowest BCUT2D eigenvalue weighted by Crippen LogP contribution is -2.06. The number of aryl methyl sites for hydroxylation is 2. The first-order chi connectivity index (χ1) is 9.78. The van der Waals surface area contributed by atoms with Crippen LogP contribution in [0.3, 0.4) is 0 Å². The second kappa shape index (κ2) is 7.49. The Morgan fingerprint density at radius 3 is 2.40 bits per heavy atom. The van der Waals surface area contributed by atoms with E-state index in [1.165, 1.54) is 11.1 Å². The topological polar surface area (TPSA) is 26.3 Å². The predicted octanol–water partition coefficient (Wildman–Crippen LogP) is 3.93. The SMILES string of the molecule is CCc1cccc(CCC(=O)OCc2ccccc2)c1. The highest BCUT2D eigenvalue weighted by Gasteiger charge is 2.04. The van der Waals surface area contributed by atoms with Crippen molar-refractivity contribution in [2.75, 3.05) is 0 Å². The number of hydrogen-bond donors (Lipinski definition) is 0. The molecule has 0 spiro atoms. The minimum absolute atomic E-state index is 0.143. The molecule has 2 nitrogen and oxygen atoms in total. The molecule has 0 aliphatic carbocycles. The average Bonchev–Trinajstić information content (AvgIpc) is 2.52. The van der Waals surface area contributed by atoms with Gasteiger partial charge in [-0.2, -0.15) is 0 Å². The third-order valence-corrected chi connectivity index (χ3v) is 3.26. The van der Waals surface area contributed by atoms with Crippen LogP contribution in [-0.4, -0.2) is 5.97 Å². The molecule has 0 heterocycles. The number of carbonyl (C=O) groups excluding carboxylic acids is 1. The van der Waals surface area contributed by atoms with Gasteiger partial charge in [0, 0.05) is 6.42 Å². The third-order valence-electron chi connectivity index (χ3n) is 3.26. The van der Waals surface area contributed by atoms with Gasteiger partial charge < -0.3 is 4.74 Å². The Hall–Kier alpha value is -2.09. The van der Waals surface area contributed by atoms with Gasteiger partial charge in [0.15, 0.2) is 0 Å². The Kier molecular flexibility index (Phi) is 5.36. The highest BCUT2D eigenvalue weighted by Crippen LogP contribution is 2.09. The zero-order chi connectivity index (χ0) is 14.2. The van der Waals surface area contributed by atoms with Gasteiger partial charge in [0.2, 0.25) is 0 Å². The molecule has 2 aromatic carbocycles. The summed E-state index contributed by atoms with van der Waals surface area (Å²) in [7, 11) is 0. The lowest BCUT2D eigenvalue weighted by atomic mass is 10.1. The van der Waals surface area contributed by atoms with Crippen molar-refractivity contribution < 1.29 is 9.53 Å². The Morgan fingerprint density at radius 1 is 0.950 bits per heavy atom. The van der Waals surface area contributed by atoms with Crippen LogP contribution in [0.25, 0.3) is 0 Å². The van der Waals surface area contributed by atoms with E-state index in [9.17, 15) is 4.79 Å². The molecule has 0 N–H and O–H groups in total. The molecule has 0 amide bonds. The van der Waals surface area contributed by atoms with E-state index < -0.39 is 0 Å². The molecular weight excluding hydrogens is 248 g/mol. The van der Waals surface area contributed by atoms with Crippen LogP contribution < -0.4 is 0 Å². The number of ether oxygens (including phenoxy) is 1. The van der Waals surface area contributed by atoms with Gasteiger partial charge in [0.1, 0.15) is 6.61 Å². The zero-order valence-corrected chi connectivity index (χ0v) is 11.8. The zero-order valence-electron chi connectivity index (χ0n) is 11.8. The summed E-state index contributed by atoms with van der Waals surface area (Å²) in [6.07, 6.45) is 2.19. The average molecular weight is 268 g/mol. The molecule has 20 heavy (non-hydrogen) atoms. The first kappa shape index (κ1) is 14.3. The molecule has 0 aliphatic heterocycles. The lowest BCUT2D eigenvalue weighted by Gasteiger charge is -2.06. The molecule has 2 aromatic rings. The number of esters is 1. The van der Waals surface area contributed by atoms with Gasteiger partial charge in [-0.05, 0) is 29.5 Å². The maximum absolute atomic E-state index is 11.7. The van der Waals surface area contributed by atoms with Crippen LogP contribution in [0.1, 0.15) is 30.0 Å². The highest BCUT2D eigenvalue weighted by molar-refractivity contribution is 5.69. The Morgan fingerprint density at radius 2 is 1.65 bits per heavy atom. The second-order valence-corrected chi connectivity index (χ2v) is 4.82. The van der Waals surface area contributed by atoms with Crippen LogP contribution in [0.5, 0.6) is 0 Å². The molecule has 104 valence electrons. The Labute approximate surface area is 120 Å². The highest BCUT2D eigenvalue weighted by atomic mass is 16.5. The van der Waals surface area contributed by atoms with Crippen molar-refractivity contribution in [1.82, 2.24) is 0 Å². The van der Waals surface area contributed by atoms with Crippen molar-refractivity contribution in [3.8, 4) is 0 Å². The molecule has 0 fully saturated rings. The summed E-state index contributed by atoms with van der Waals surface area (Å²) in [6.45, 7) is 2.49. The van der Waals surface area contributed by atoms with Crippen molar-refractivity contribution in [3.05, 3.63) is 71.3 Å². The number of rotatable bonds is 6. The molecule has 0 saturated heterocycles. The minimum atomic E-state index is -0.143. The Bertz CT molecular complexity index is 546. The molecule has 0 saturated carbocycles. The van der Waals surface area contributed by atoms with E-state index in [0.717, 1.165) is 18.4 Å². The van der Waals surface area contributed by atoms with Gasteiger partial charge in [-0.25, -0.2) is 0 Å². The summed E-state index contributed by atoms with van der Waals surface area (Å²) >= 11 is 0. The first-order valence-electron chi connectivity index (χ1n) is 7.05. The van der Waals surface area contributed by atoms with E-state index in [4.69, 9.17) is 4.74 Å². The van der Waals surface area contributed by atoms with Gasteiger partial charge in [0.25, 0.3) is 0 Å². The fourth-order valence-corrected chi connectivity index (χ4v) is 2.06. The summed E-state index contributed by atoms with van der Waals surface area (Å²) < 4.78 is 5.27. The van der Waals surface area contributed by atoms with Crippen molar-refractivity contribution in [2.45, 2.75) is 32.8 Å². The summed E-state index contributed by atoms with van der Waals surface area (Å²) in [4.78, 5) is 11.7. The van der Waals surface area contributed by atoms with Crippen LogP contribution >= 0.6 is 0 Å². The van der Waals surface area contributed by atoms with E-state index >= 15 is 0 Å². The number of benzene rings is 2. The number of carbonyl (C=O) groups is 1. The fourth-order valence-electron chi connectivity index (χ4n) is 2.06. The van der Waals surface area contributed by atoms with Crippen LogP contribution in [0, 0.1) is 0 Å². The molecular formula is C18H20O2. The molecule has 0 atom stereocenters. The molecule has 0 radical (unpaired) electrons. The standard InChI is InChI=1S/C18H20O2/c1-2-15-9-6-10-16(13-15)11-12-18(19)20-14-17-7-4-3-5-8-17/h3-10,13H,2,11-12,14H2,1H3. The van der Waals surface area contributed by atoms with Gasteiger partial charge in [-0.1, -0.05) is 61.5 Å². The quantitative estimate of drug-likeness (QED) is 0.742. The maximum Gasteiger partial charge on any atom is 0.306 e. The Balaban J connectivity index is 1.77. The summed E-state index contributed by atoms with van der Waals surface area (Å²) in [6, 6.07) is 18.1. The molecule has 0 aliphatic rings. The number of hydrogen-bond acceptors (Lipinski definition) is 2. The monoisotopic (exact) mass is 268 g/mol. The summed E-state index contributed by atoms with van der Waals surface area (Å²) in [5.41, 5.74) is 3.52. The summed E-state index contributed by atoms with van der Waals surface area (Å²) in [5.74, 6) is -0.143. The van der Waals surface area contributed by atoms with Crippen LogP contribution in [0.2, 0.25) is 0 Å². The van der Waals surface area contributed by atoms with E-state index in [1.807, 2.05) is 36.4 Å². The van der Waals surface area contributed by atoms with E-state index in [0.29, 0.717) is 13.0 Å². The van der Waals surface area contributed by atoms with Gasteiger partial charge in [0.05, 0.1) is 0 Å². The van der Waals surface area contributed by atoms with Crippen LogP contribution in [0.15, 0.2) is 54.6 Å². The molecule has 0 aromatic heterocycles. The van der Waals surface area contributed by atoms with E-state index in [-0.39, 0.29) is 5.97 Å². The largest absolute Gasteiger partial charge is 0.461 e. The lowest BCUT2D eigenvalue weighted by molar-refractivity contribution is -0.144. The molecule has 2 rings (SSSR count). The van der Waals surface area contributed by atoms with E-state index in [2.05, 4.69) is 25.1 Å². The smallest absolute Gasteiger partial charge is 0.306 e. The van der Waals surface area contributed by atoms with E-state index in [1.54, 1.807) is 0 Å². The summed E-state index contributed by atoms with van der Waals surface area (Å²) in [5, 5.41) is 0.